The number of aryl methyl sites for hydroxylation is 1. The molecule has 0 nitrogen and oxygen atoms in total. The van der Waals surface area contributed by atoms with Crippen LogP contribution in [0.4, 0.5) is 0 Å². The van der Waals surface area contributed by atoms with Gasteiger partial charge in [0, 0.05) is 11.1 Å². The molecule has 0 aliphatic heterocycles. The van der Waals surface area contributed by atoms with Crippen molar-refractivity contribution in [1.29, 1.82) is 0 Å². The monoisotopic (exact) mass is 333 g/mol. The summed E-state index contributed by atoms with van der Waals surface area (Å²) in [7, 11) is 0. The molecule has 4 aromatic carbocycles. The van der Waals surface area contributed by atoms with E-state index in [0.717, 1.165) is 0 Å². The van der Waals surface area contributed by atoms with Crippen LogP contribution in [-0.2, 0) is 0 Å². The lowest BCUT2D eigenvalue weighted by molar-refractivity contribution is 1.23. The molecule has 4 rings (SSSR count). The molecule has 0 aliphatic carbocycles. The van der Waals surface area contributed by atoms with Crippen molar-refractivity contribution in [2.24, 2.45) is 0 Å². The van der Waals surface area contributed by atoms with Gasteiger partial charge in [-0.25, -0.2) is 0 Å². The van der Waals surface area contributed by atoms with Crippen molar-refractivity contribution < 1.29 is 0 Å². The maximum atomic E-state index is 2.26. The summed E-state index contributed by atoms with van der Waals surface area (Å²) in [5.41, 5.74) is 7.52. The summed E-state index contributed by atoms with van der Waals surface area (Å²) in [5.74, 6) is 1.27. The molecule has 124 valence electrons. The van der Waals surface area contributed by atoms with Gasteiger partial charge in [-0.15, -0.1) is 0 Å². The van der Waals surface area contributed by atoms with E-state index in [1.807, 2.05) is 0 Å². The third kappa shape index (κ3) is 3.27. The van der Waals surface area contributed by atoms with E-state index < -0.39 is 0 Å². The highest BCUT2D eigenvalue weighted by atomic mass is 14.2. The predicted molar refractivity (Wildman–Crippen MR) is 110 cm³/mol. The van der Waals surface area contributed by atoms with Gasteiger partial charge in [0.05, 0.1) is 22.6 Å². The molecule has 0 heterocycles. The minimum Gasteiger partial charge on any atom is -0.0609 e. The Kier molecular flexibility index (Phi) is 4.57. The number of hydrogen-bond acceptors (Lipinski definition) is 0. The molecule has 0 aromatic heterocycles. The van der Waals surface area contributed by atoms with Gasteiger partial charge in [0.15, 0.2) is 0 Å². The lowest BCUT2D eigenvalue weighted by atomic mass is 9.81. The molecule has 0 fully saturated rings. The Balaban J connectivity index is 1.93. The van der Waals surface area contributed by atoms with Crippen molar-refractivity contribution in [1.82, 2.24) is 0 Å². The Hall–Kier alpha value is -3.25. The Morgan fingerprint density at radius 2 is 1.12 bits per heavy atom. The van der Waals surface area contributed by atoms with Gasteiger partial charge < -0.3 is 0 Å². The van der Waals surface area contributed by atoms with Crippen molar-refractivity contribution in [3.8, 4) is 11.1 Å². The molecule has 0 atom stereocenters. The lowest BCUT2D eigenvalue weighted by Crippen LogP contribution is -2.06. The Bertz CT molecular complexity index is 945. The Labute approximate surface area is 155 Å². The fourth-order valence-electron chi connectivity index (χ4n) is 3.45. The van der Waals surface area contributed by atoms with Gasteiger partial charge in [0.1, 0.15) is 0 Å². The number of hydrogen-bond donors (Lipinski definition) is 0. The highest BCUT2D eigenvalue weighted by molar-refractivity contribution is 5.75. The van der Waals surface area contributed by atoms with Crippen molar-refractivity contribution in [3.63, 3.8) is 0 Å². The van der Waals surface area contributed by atoms with Crippen LogP contribution in [0.3, 0.4) is 0 Å². The van der Waals surface area contributed by atoms with Gasteiger partial charge in [-0.1, -0.05) is 35.9 Å². The van der Waals surface area contributed by atoms with Crippen LogP contribution in [0.25, 0.3) is 11.1 Å². The van der Waals surface area contributed by atoms with Gasteiger partial charge >= 0.3 is 0 Å². The number of rotatable bonds is 4. The van der Waals surface area contributed by atoms with Crippen LogP contribution in [-0.4, -0.2) is 0 Å². The van der Waals surface area contributed by atoms with Crippen molar-refractivity contribution in [2.45, 2.75) is 6.92 Å². The first-order valence-corrected chi connectivity index (χ1v) is 8.97. The summed E-state index contributed by atoms with van der Waals surface area (Å²) in [5, 5.41) is 0. The highest BCUT2D eigenvalue weighted by Crippen LogP contribution is 2.37. The van der Waals surface area contributed by atoms with Gasteiger partial charge in [0.25, 0.3) is 0 Å². The molecule has 0 saturated heterocycles. The van der Waals surface area contributed by atoms with Gasteiger partial charge in [0.2, 0.25) is 0 Å². The first-order chi connectivity index (χ1) is 12.8. The van der Waals surface area contributed by atoms with Crippen LogP contribution in [0.15, 0.2) is 109 Å². The molecule has 0 amide bonds. The first-order valence-electron chi connectivity index (χ1n) is 8.97. The van der Waals surface area contributed by atoms with Gasteiger partial charge in [-0.3, -0.25) is 0 Å². The average Bonchev–Trinajstić information content (AvgIpc) is 2.70. The lowest BCUT2D eigenvalue weighted by Gasteiger charge is -2.17. The second-order valence-electron chi connectivity index (χ2n) is 6.52. The zero-order valence-electron chi connectivity index (χ0n) is 14.9. The molecule has 4 aromatic rings. The zero-order valence-corrected chi connectivity index (χ0v) is 14.9. The molecular formula is C26H21+. The average molecular weight is 333 g/mol. The van der Waals surface area contributed by atoms with Crippen molar-refractivity contribution in [2.75, 3.05) is 0 Å². The highest BCUT2D eigenvalue weighted by Gasteiger charge is 2.25. The molecule has 0 aliphatic rings. The summed E-state index contributed by atoms with van der Waals surface area (Å²) in [6.45, 7) is 2.14. The third-order valence-corrected chi connectivity index (χ3v) is 4.65. The van der Waals surface area contributed by atoms with Crippen molar-refractivity contribution in [3.05, 3.63) is 137 Å². The number of benzene rings is 4. The molecule has 0 heteroatoms. The summed E-state index contributed by atoms with van der Waals surface area (Å²) in [6.07, 6.45) is 0. The van der Waals surface area contributed by atoms with E-state index in [-0.39, 0.29) is 0 Å². The second-order valence-corrected chi connectivity index (χ2v) is 6.52. The van der Waals surface area contributed by atoms with E-state index in [9.17, 15) is 0 Å². The van der Waals surface area contributed by atoms with E-state index in [4.69, 9.17) is 0 Å². The topological polar surface area (TPSA) is 0 Å². The predicted octanol–water partition coefficient (Wildman–Crippen LogP) is 6.68. The minimum atomic E-state index is 1.24. The largest absolute Gasteiger partial charge is 0.0638 e. The summed E-state index contributed by atoms with van der Waals surface area (Å²) in [6, 6.07) is 38.7. The van der Waals surface area contributed by atoms with Crippen LogP contribution in [0, 0.1) is 12.8 Å². The van der Waals surface area contributed by atoms with Crippen LogP contribution in [0.1, 0.15) is 22.3 Å². The third-order valence-electron chi connectivity index (χ3n) is 4.65. The maximum Gasteiger partial charge on any atom is 0.0638 e. The SMILES string of the molecule is Cc1cccc(-c2ccccc2[C+](c2ccccc2)c2ccccc2)c1. The molecule has 0 saturated carbocycles. The standard InChI is InChI=1S/C26H21/c1-20-11-10-16-23(19-20)24-17-8-9-18-25(24)26(21-12-4-2-5-13-21)22-14-6-3-7-15-22/h2-19H,1H3/q+1. The summed E-state index contributed by atoms with van der Waals surface area (Å²) < 4.78 is 0. The molecule has 0 radical (unpaired) electrons. The Morgan fingerprint density at radius 1 is 0.538 bits per heavy atom. The molecular weight excluding hydrogens is 312 g/mol. The zero-order chi connectivity index (χ0) is 17.8. The van der Waals surface area contributed by atoms with E-state index in [0.29, 0.717) is 0 Å². The molecule has 0 unspecified atom stereocenters. The second kappa shape index (κ2) is 7.33. The molecule has 0 spiro atoms. The summed E-state index contributed by atoms with van der Waals surface area (Å²) in [4.78, 5) is 0. The first kappa shape index (κ1) is 16.2. The van der Waals surface area contributed by atoms with Gasteiger partial charge in [-0.2, -0.15) is 0 Å². The van der Waals surface area contributed by atoms with E-state index in [2.05, 4.69) is 116 Å². The van der Waals surface area contributed by atoms with Crippen LogP contribution in [0.5, 0.6) is 0 Å². The van der Waals surface area contributed by atoms with E-state index in [1.54, 1.807) is 0 Å². The quantitative estimate of drug-likeness (QED) is 0.288. The summed E-state index contributed by atoms with van der Waals surface area (Å²) >= 11 is 0. The van der Waals surface area contributed by atoms with E-state index in [1.165, 1.54) is 39.3 Å². The molecule has 0 N–H and O–H groups in total. The van der Waals surface area contributed by atoms with Crippen molar-refractivity contribution >= 4 is 0 Å². The molecule has 0 bridgehead atoms. The Morgan fingerprint density at radius 3 is 1.73 bits per heavy atom. The van der Waals surface area contributed by atoms with E-state index >= 15 is 0 Å². The fraction of sp³-hybridized carbons (Fsp3) is 0.0385. The van der Waals surface area contributed by atoms with Crippen LogP contribution >= 0.6 is 0 Å². The minimum absolute atomic E-state index is 1.24. The molecule has 26 heavy (non-hydrogen) atoms. The van der Waals surface area contributed by atoms with Crippen LogP contribution < -0.4 is 0 Å². The normalized spacial score (nSPS) is 10.5. The smallest absolute Gasteiger partial charge is 0.0609 e. The van der Waals surface area contributed by atoms with Gasteiger partial charge in [-0.05, 0) is 85.8 Å². The van der Waals surface area contributed by atoms with Crippen LogP contribution in [0.2, 0.25) is 0 Å². The maximum absolute atomic E-state index is 2.26. The fourth-order valence-corrected chi connectivity index (χ4v) is 3.45.